The van der Waals surface area contributed by atoms with Crippen LogP contribution in [0.1, 0.15) is 72.9 Å². The van der Waals surface area contributed by atoms with E-state index in [1.807, 2.05) is 65.2 Å². The van der Waals surface area contributed by atoms with E-state index in [9.17, 15) is 4.39 Å². The van der Waals surface area contributed by atoms with E-state index < -0.39 is 0 Å². The topological polar surface area (TPSA) is 74.3 Å². The molecule has 314 valence electrons. The van der Waals surface area contributed by atoms with Gasteiger partial charge in [0, 0.05) is 30.8 Å². The highest BCUT2D eigenvalue weighted by Crippen LogP contribution is 2.34. The number of aryl methyl sites for hydroxylation is 2. The number of ether oxygens (including phenoxy) is 7. The molecule has 0 amide bonds. The maximum atomic E-state index is 14.9. The lowest BCUT2D eigenvalue weighted by atomic mass is 9.96. The van der Waals surface area contributed by atoms with Gasteiger partial charge in [-0.1, -0.05) is 32.9 Å². The molecule has 1 aliphatic rings. The van der Waals surface area contributed by atoms with Gasteiger partial charge >= 0.3 is 0 Å². The molecule has 3 aromatic carbocycles. The van der Waals surface area contributed by atoms with Gasteiger partial charge in [0.15, 0.2) is 0 Å². The summed E-state index contributed by atoms with van der Waals surface area (Å²) in [7, 11) is 0. The number of anilines is 3. The molecule has 0 N–H and O–H groups in total. The molecule has 4 rings (SSSR count). The van der Waals surface area contributed by atoms with Gasteiger partial charge in [0.05, 0.1) is 68.0 Å². The predicted molar refractivity (Wildman–Crippen MR) is 228 cm³/mol. The van der Waals surface area contributed by atoms with Crippen molar-refractivity contribution in [2.24, 2.45) is 5.41 Å². The van der Waals surface area contributed by atoms with Crippen molar-refractivity contribution >= 4 is 17.1 Å². The Bertz CT molecular complexity index is 1760. The molecule has 57 heavy (non-hydrogen) atoms. The predicted octanol–water partition coefficient (Wildman–Crippen LogP) is 10.0. The summed E-state index contributed by atoms with van der Waals surface area (Å²) in [5, 5.41) is 0. The minimum atomic E-state index is -0.377. The van der Waals surface area contributed by atoms with E-state index in [2.05, 4.69) is 67.5 Å². The highest BCUT2D eigenvalue weighted by molar-refractivity contribution is 5.63. The summed E-state index contributed by atoms with van der Waals surface area (Å²) >= 11 is 0. The number of hydrogen-bond donors (Lipinski definition) is 0. The second-order valence-corrected chi connectivity index (χ2v) is 16.0. The Morgan fingerprint density at radius 3 is 1.89 bits per heavy atom. The molecule has 0 spiro atoms. The van der Waals surface area contributed by atoms with Crippen molar-refractivity contribution in [3.8, 4) is 17.2 Å². The number of benzene rings is 3. The van der Waals surface area contributed by atoms with Crippen LogP contribution in [0.3, 0.4) is 0 Å². The number of fused-ring (bicyclic) bond motifs is 2. The van der Waals surface area contributed by atoms with Crippen LogP contribution in [-0.4, -0.2) is 78.0 Å². The second-order valence-electron chi connectivity index (χ2n) is 16.0. The first-order chi connectivity index (χ1) is 27.2. The molecular formula is C46H66FN3O7. The Balaban J connectivity index is 1.72. The maximum absolute atomic E-state index is 14.9. The fourth-order valence-electron chi connectivity index (χ4n) is 5.93. The lowest BCUT2D eigenvalue weighted by molar-refractivity contribution is -0.0532. The van der Waals surface area contributed by atoms with Crippen molar-refractivity contribution in [3.63, 3.8) is 0 Å². The zero-order valence-electron chi connectivity index (χ0n) is 36.0. The summed E-state index contributed by atoms with van der Waals surface area (Å²) in [6, 6.07) is 17.0. The average molecular weight is 792 g/mol. The van der Waals surface area contributed by atoms with Gasteiger partial charge in [0.2, 0.25) is 0 Å². The summed E-state index contributed by atoms with van der Waals surface area (Å²) < 4.78 is 58.6. The van der Waals surface area contributed by atoms with Crippen molar-refractivity contribution < 1.29 is 37.5 Å². The smallest absolute Gasteiger partial charge is 0.296 e. The molecule has 0 fully saturated rings. The third kappa shape index (κ3) is 14.6. The fourth-order valence-corrected chi connectivity index (χ4v) is 5.93. The van der Waals surface area contributed by atoms with Crippen molar-refractivity contribution in [1.82, 2.24) is 0 Å². The zero-order valence-corrected chi connectivity index (χ0v) is 36.0. The van der Waals surface area contributed by atoms with Gasteiger partial charge in [-0.15, -0.1) is 0 Å². The summed E-state index contributed by atoms with van der Waals surface area (Å²) in [5.41, 5.74) is 4.06. The van der Waals surface area contributed by atoms with Gasteiger partial charge < -0.3 is 47.9 Å². The van der Waals surface area contributed by atoms with Gasteiger partial charge in [-0.3, -0.25) is 0 Å². The van der Waals surface area contributed by atoms with Crippen LogP contribution in [0.25, 0.3) is 0 Å². The van der Waals surface area contributed by atoms with Crippen molar-refractivity contribution in [2.75, 3.05) is 87.1 Å². The molecule has 0 aliphatic carbocycles. The molecule has 1 aliphatic heterocycles. The third-order valence-corrected chi connectivity index (χ3v) is 9.04. The highest BCUT2D eigenvalue weighted by Gasteiger charge is 2.25. The molecule has 0 unspecified atom stereocenters. The molecule has 0 saturated heterocycles. The van der Waals surface area contributed by atoms with Crippen molar-refractivity contribution in [1.29, 1.82) is 0 Å². The molecular weight excluding hydrogens is 726 g/mol. The summed E-state index contributed by atoms with van der Waals surface area (Å²) in [5.74, 6) is 1.94. The second kappa shape index (κ2) is 21.7. The Hall–Kier alpha value is -4.77. The van der Waals surface area contributed by atoms with Gasteiger partial charge in [0.25, 0.3) is 5.95 Å². The van der Waals surface area contributed by atoms with Gasteiger partial charge in [-0.25, -0.2) is 4.39 Å². The largest absolute Gasteiger partial charge is 0.496 e. The van der Waals surface area contributed by atoms with Crippen LogP contribution >= 0.6 is 0 Å². The van der Waals surface area contributed by atoms with E-state index in [0.29, 0.717) is 84.1 Å². The summed E-state index contributed by atoms with van der Waals surface area (Å²) in [6.45, 7) is 25.5. The standard InChI is InChI=1S/C46H66FN3O7/c1-11-23-54-44-32-49(13-3)39-18-15-36(5)30-42(39)53-26-22-50(40-19-16-37(47)31-43(40)56-33-46(9,10)34-57-45(6,7)8)21-25-52-41-29-35(4)14-17-38(41)48(12-2)20-24-51-27-28-55-44/h14-20,24,29-32H,11-13,21-23,25-28,33-34H2,1-10H3/b24-20-,44-32-. The third-order valence-electron chi connectivity index (χ3n) is 9.04. The molecule has 0 atom stereocenters. The molecule has 0 aromatic heterocycles. The van der Waals surface area contributed by atoms with Crippen LogP contribution in [0, 0.1) is 25.1 Å². The first kappa shape index (κ1) is 44.9. The minimum Gasteiger partial charge on any atom is -0.496 e. The Labute approximate surface area is 341 Å². The van der Waals surface area contributed by atoms with Crippen LogP contribution in [0.15, 0.2) is 79.2 Å². The Morgan fingerprint density at radius 1 is 0.684 bits per heavy atom. The highest BCUT2D eigenvalue weighted by atomic mass is 19.1. The van der Waals surface area contributed by atoms with Gasteiger partial charge in [0.1, 0.15) is 49.5 Å². The average Bonchev–Trinajstić information content (AvgIpc) is 3.16. The molecule has 11 heteroatoms. The van der Waals surface area contributed by atoms with Gasteiger partial charge in [-0.05, 0) is 102 Å². The van der Waals surface area contributed by atoms with E-state index in [4.69, 9.17) is 33.2 Å². The zero-order chi connectivity index (χ0) is 41.4. The molecule has 10 nitrogen and oxygen atoms in total. The molecule has 1 heterocycles. The van der Waals surface area contributed by atoms with Crippen molar-refractivity contribution in [3.05, 3.63) is 96.1 Å². The summed E-state index contributed by atoms with van der Waals surface area (Å²) in [6.07, 6.45) is 6.30. The first-order valence-electron chi connectivity index (χ1n) is 20.3. The van der Waals surface area contributed by atoms with Gasteiger partial charge in [-0.2, -0.15) is 0 Å². The minimum absolute atomic E-state index is 0.289. The Morgan fingerprint density at radius 2 is 1.30 bits per heavy atom. The van der Waals surface area contributed by atoms with E-state index in [1.54, 1.807) is 12.3 Å². The number of rotatable bonds is 11. The fraction of sp³-hybridized carbons (Fsp3) is 0.522. The van der Waals surface area contributed by atoms with Crippen LogP contribution in [0.4, 0.5) is 21.5 Å². The van der Waals surface area contributed by atoms with E-state index in [0.717, 1.165) is 46.1 Å². The number of hydrogen-bond acceptors (Lipinski definition) is 10. The summed E-state index contributed by atoms with van der Waals surface area (Å²) in [4.78, 5) is 6.27. The first-order valence-corrected chi connectivity index (χ1v) is 20.3. The SMILES string of the molecule is CCCO/C1=C/N(CC)c2ccc(C)cc2OCCN(c2ccc(F)cc2OCC(C)(C)COC(C)(C)C)CCOc2cc(C)ccc2N(CC)/C=C\OCCO1. The van der Waals surface area contributed by atoms with E-state index >= 15 is 0 Å². The van der Waals surface area contributed by atoms with E-state index in [1.165, 1.54) is 12.1 Å². The van der Waals surface area contributed by atoms with Crippen molar-refractivity contribution in [2.45, 2.75) is 81.3 Å². The van der Waals surface area contributed by atoms with E-state index in [-0.39, 0.29) is 16.8 Å². The molecule has 0 radical (unpaired) electrons. The lowest BCUT2D eigenvalue weighted by Gasteiger charge is -2.31. The monoisotopic (exact) mass is 791 g/mol. The normalized spacial score (nSPS) is 16.6. The molecule has 0 bridgehead atoms. The maximum Gasteiger partial charge on any atom is 0.296 e. The van der Waals surface area contributed by atoms with Crippen LogP contribution < -0.4 is 28.9 Å². The quantitative estimate of drug-likeness (QED) is 0.187. The number of halogens is 1. The Kier molecular flexibility index (Phi) is 17.1. The molecule has 0 saturated carbocycles. The molecule has 3 aromatic rings. The number of nitrogens with zero attached hydrogens (tertiary/aromatic N) is 3. The van der Waals surface area contributed by atoms with Crippen LogP contribution in [0.5, 0.6) is 17.2 Å². The van der Waals surface area contributed by atoms with Crippen LogP contribution in [-0.2, 0) is 18.9 Å². The lowest BCUT2D eigenvalue weighted by Crippen LogP contribution is -2.34. The van der Waals surface area contributed by atoms with Crippen LogP contribution in [0.2, 0.25) is 0 Å².